The van der Waals surface area contributed by atoms with Crippen molar-refractivity contribution in [1.29, 1.82) is 0 Å². The lowest BCUT2D eigenvalue weighted by Crippen LogP contribution is -2.60. The minimum atomic E-state index is -1.41. The van der Waals surface area contributed by atoms with E-state index in [0.717, 1.165) is 30.0 Å². The van der Waals surface area contributed by atoms with Crippen LogP contribution in [-0.4, -0.2) is 70.8 Å². The molecule has 2 aromatic carbocycles. The average molecular weight is 573 g/mol. The summed E-state index contributed by atoms with van der Waals surface area (Å²) in [6.07, 6.45) is 10.7. The maximum atomic E-state index is 14.8. The molecule has 1 spiro atoms. The lowest BCUT2D eigenvalue weighted by Gasteiger charge is -2.41. The monoisotopic (exact) mass is 572 g/mol. The van der Waals surface area contributed by atoms with Gasteiger partial charge in [0.25, 0.3) is 5.91 Å². The number of nitrogens with zero attached hydrogens (tertiary/aromatic N) is 2. The van der Waals surface area contributed by atoms with Gasteiger partial charge in [-0.15, -0.1) is 0 Å². The number of anilines is 1. The number of rotatable bonds is 5. The Bertz CT molecular complexity index is 1450. The van der Waals surface area contributed by atoms with Crippen molar-refractivity contribution in [3.63, 3.8) is 0 Å². The Hall–Kier alpha value is -3.49. The first-order valence-electron chi connectivity index (χ1n) is 15.2. The fourth-order valence-corrected chi connectivity index (χ4v) is 7.48. The van der Waals surface area contributed by atoms with Gasteiger partial charge in [0.15, 0.2) is 0 Å². The predicted octanol–water partition coefficient (Wildman–Crippen LogP) is 4.40. The number of carbonyl (C=O) groups is 3. The lowest BCUT2D eigenvalue weighted by atomic mass is 9.74. The lowest BCUT2D eigenvalue weighted by molar-refractivity contribution is -0.160. The molecule has 222 valence electrons. The largest absolute Gasteiger partial charge is 0.465 e. The van der Waals surface area contributed by atoms with E-state index in [4.69, 9.17) is 9.47 Å². The molecule has 0 radical (unpaired) electrons. The molecule has 2 saturated heterocycles. The Morgan fingerprint density at radius 2 is 1.79 bits per heavy atom. The minimum Gasteiger partial charge on any atom is -0.465 e. The van der Waals surface area contributed by atoms with Gasteiger partial charge in [-0.05, 0) is 55.0 Å². The normalized spacial score (nSPS) is 33.4. The molecule has 1 N–H and O–H groups in total. The zero-order valence-corrected chi connectivity index (χ0v) is 24.6. The van der Waals surface area contributed by atoms with Gasteiger partial charge in [-0.3, -0.25) is 14.4 Å². The maximum absolute atomic E-state index is 14.8. The smallest absolute Gasteiger partial charge is 0.313 e. The number of carbonyl (C=O) groups excluding carboxylic acids is 3. The van der Waals surface area contributed by atoms with E-state index >= 15 is 0 Å². The van der Waals surface area contributed by atoms with Gasteiger partial charge in [0.1, 0.15) is 17.6 Å². The van der Waals surface area contributed by atoms with Gasteiger partial charge >= 0.3 is 5.97 Å². The van der Waals surface area contributed by atoms with Crippen molar-refractivity contribution < 1.29 is 29.0 Å². The van der Waals surface area contributed by atoms with Gasteiger partial charge in [-0.1, -0.05) is 74.9 Å². The quantitative estimate of drug-likeness (QED) is 0.422. The number of ether oxygens (including phenoxy) is 2. The zero-order valence-electron chi connectivity index (χ0n) is 24.6. The molecule has 0 saturated carbocycles. The first-order chi connectivity index (χ1) is 20.3. The Kier molecular flexibility index (Phi) is 7.48. The first kappa shape index (κ1) is 28.6. The summed E-state index contributed by atoms with van der Waals surface area (Å²) in [7, 11) is 0. The topological polar surface area (TPSA) is 96.4 Å². The molecule has 0 aliphatic carbocycles. The van der Waals surface area contributed by atoms with Crippen LogP contribution in [0.1, 0.15) is 46.5 Å². The highest BCUT2D eigenvalue weighted by atomic mass is 16.6. The average Bonchev–Trinajstić information content (AvgIpc) is 3.32. The van der Waals surface area contributed by atoms with Crippen molar-refractivity contribution in [2.75, 3.05) is 24.7 Å². The molecule has 4 aliphatic heterocycles. The van der Waals surface area contributed by atoms with Crippen LogP contribution >= 0.6 is 0 Å². The van der Waals surface area contributed by atoms with Crippen molar-refractivity contribution in [3.8, 4) is 0 Å². The van der Waals surface area contributed by atoms with Crippen molar-refractivity contribution in [2.45, 2.75) is 69.7 Å². The molecule has 7 atom stereocenters. The van der Waals surface area contributed by atoms with Crippen LogP contribution in [0.5, 0.6) is 0 Å². The van der Waals surface area contributed by atoms with Gasteiger partial charge in [0.05, 0.1) is 30.8 Å². The second-order valence-electron chi connectivity index (χ2n) is 12.3. The Morgan fingerprint density at radius 3 is 2.55 bits per heavy atom. The number of hydrogen-bond acceptors (Lipinski definition) is 6. The summed E-state index contributed by atoms with van der Waals surface area (Å²) >= 11 is 0. The number of benzene rings is 2. The number of esters is 1. The third-order valence-electron chi connectivity index (χ3n) is 9.83. The minimum absolute atomic E-state index is 0.0914. The standard InChI is InChI=1S/C34H40N2O6/c1-4-22(2)26(21-37)36-29-31(39)35(25-15-14-23-12-7-8-13-24(23)20-25)18-11-17-34(29)27(30(36)38)28-32(40)41-19-10-6-5-9-16-33(28,3)42-34/h7-9,11-17,20,22,26-29,37H,4-6,10,18-19,21H2,1-3H3/b16-9-/t22-,26-,27-,28-,29?,33+,34-/m0/s1. The van der Waals surface area contributed by atoms with Crippen LogP contribution in [0.2, 0.25) is 0 Å². The summed E-state index contributed by atoms with van der Waals surface area (Å²) in [6.45, 7) is 6.04. The second-order valence-corrected chi connectivity index (χ2v) is 12.3. The van der Waals surface area contributed by atoms with E-state index < -0.39 is 41.1 Å². The van der Waals surface area contributed by atoms with E-state index in [2.05, 4.69) is 0 Å². The first-order valence-corrected chi connectivity index (χ1v) is 15.2. The summed E-state index contributed by atoms with van der Waals surface area (Å²) in [5, 5.41) is 12.7. The van der Waals surface area contributed by atoms with Crippen molar-refractivity contribution in [1.82, 2.24) is 4.90 Å². The molecule has 2 amide bonds. The summed E-state index contributed by atoms with van der Waals surface area (Å²) < 4.78 is 12.6. The molecule has 4 heterocycles. The highest BCUT2D eigenvalue weighted by molar-refractivity contribution is 6.06. The molecule has 0 aromatic heterocycles. The Labute approximate surface area is 246 Å². The number of fused-ring (bicyclic) bond motifs is 3. The van der Waals surface area contributed by atoms with Gasteiger partial charge in [0, 0.05) is 12.2 Å². The molecule has 6 rings (SSSR count). The molecule has 2 fully saturated rings. The van der Waals surface area contributed by atoms with Crippen LogP contribution in [-0.2, 0) is 23.9 Å². The van der Waals surface area contributed by atoms with E-state index in [0.29, 0.717) is 12.1 Å². The third-order valence-corrected chi connectivity index (χ3v) is 9.83. The van der Waals surface area contributed by atoms with Gasteiger partial charge in [0.2, 0.25) is 5.91 Å². The summed E-state index contributed by atoms with van der Waals surface area (Å²) in [5.74, 6) is -3.13. The summed E-state index contributed by atoms with van der Waals surface area (Å²) in [4.78, 5) is 46.4. The number of allylic oxidation sites excluding steroid dienone is 1. The van der Waals surface area contributed by atoms with E-state index in [1.807, 2.05) is 87.5 Å². The Balaban J connectivity index is 1.51. The Morgan fingerprint density at radius 1 is 1.00 bits per heavy atom. The predicted molar refractivity (Wildman–Crippen MR) is 160 cm³/mol. The molecular formula is C34H40N2O6. The van der Waals surface area contributed by atoms with Crippen molar-refractivity contribution in [2.24, 2.45) is 17.8 Å². The maximum Gasteiger partial charge on any atom is 0.313 e. The number of hydrogen-bond donors (Lipinski definition) is 1. The van der Waals surface area contributed by atoms with Gasteiger partial charge in [-0.2, -0.15) is 0 Å². The van der Waals surface area contributed by atoms with Crippen LogP contribution in [0.3, 0.4) is 0 Å². The fourth-order valence-electron chi connectivity index (χ4n) is 7.48. The number of amides is 2. The van der Waals surface area contributed by atoms with Crippen molar-refractivity contribution in [3.05, 3.63) is 66.8 Å². The van der Waals surface area contributed by atoms with Crippen LogP contribution in [0, 0.1) is 17.8 Å². The number of aliphatic hydroxyl groups is 1. The van der Waals surface area contributed by atoms with E-state index in [9.17, 15) is 19.5 Å². The molecule has 0 bridgehead atoms. The fraction of sp³-hybridized carbons (Fsp3) is 0.500. The van der Waals surface area contributed by atoms with E-state index in [-0.39, 0.29) is 37.5 Å². The van der Waals surface area contributed by atoms with Gasteiger partial charge in [-0.25, -0.2) is 0 Å². The molecule has 1 unspecified atom stereocenters. The number of aliphatic hydroxyl groups excluding tert-OH is 1. The van der Waals surface area contributed by atoms with Crippen LogP contribution in [0.15, 0.2) is 66.8 Å². The van der Waals surface area contributed by atoms with Gasteiger partial charge < -0.3 is 24.4 Å². The molecular weight excluding hydrogens is 532 g/mol. The molecule has 2 aromatic rings. The molecule has 4 aliphatic rings. The highest BCUT2D eigenvalue weighted by Crippen LogP contribution is 2.58. The molecule has 42 heavy (non-hydrogen) atoms. The summed E-state index contributed by atoms with van der Waals surface area (Å²) in [6, 6.07) is 12.2. The van der Waals surface area contributed by atoms with E-state index in [1.165, 1.54) is 0 Å². The number of likely N-dealkylation sites (tertiary alicyclic amines) is 1. The van der Waals surface area contributed by atoms with E-state index in [1.54, 1.807) is 9.80 Å². The van der Waals surface area contributed by atoms with Crippen LogP contribution < -0.4 is 4.90 Å². The third kappa shape index (κ3) is 4.38. The highest BCUT2D eigenvalue weighted by Gasteiger charge is 2.75. The van der Waals surface area contributed by atoms with Crippen molar-refractivity contribution >= 4 is 34.2 Å². The SMILES string of the molecule is CC[C@H](C)[C@H](CO)N1C(=O)[C@@H]2[C@H]3C(=O)OCCCC/C=C\[C@@]3(C)O[C@@]23C=CCN(c2ccc4ccccc4c2)C(=O)C13. The second kappa shape index (κ2) is 11.0. The van der Waals surface area contributed by atoms with Crippen LogP contribution in [0.4, 0.5) is 5.69 Å². The summed E-state index contributed by atoms with van der Waals surface area (Å²) in [5.41, 5.74) is -1.84. The number of cyclic esters (lactones) is 1. The zero-order chi connectivity index (χ0) is 29.6. The van der Waals surface area contributed by atoms with Crippen LogP contribution in [0.25, 0.3) is 10.8 Å². The molecule has 8 nitrogen and oxygen atoms in total. The molecule has 8 heteroatoms.